The summed E-state index contributed by atoms with van der Waals surface area (Å²) >= 11 is 0. The number of hydrogen-bond acceptors (Lipinski definition) is 8. The van der Waals surface area contributed by atoms with E-state index < -0.39 is 34.1 Å². The maximum atomic E-state index is 13.3. The Bertz CT molecular complexity index is 2250. The molecule has 0 saturated carbocycles. The second-order valence-electron chi connectivity index (χ2n) is 11.5. The Morgan fingerprint density at radius 3 is 1.05 bits per heavy atom. The molecule has 276 valence electrons. The molecule has 0 aliphatic carbocycles. The molecule has 0 aliphatic rings. The molecule has 0 fully saturated rings. The van der Waals surface area contributed by atoms with Gasteiger partial charge in [0.1, 0.15) is 11.5 Å². The Hall–Kier alpha value is -7.65. The van der Waals surface area contributed by atoms with Crippen LogP contribution in [0.25, 0.3) is 0 Å². The number of rotatable bonds is 10. The summed E-state index contributed by atoms with van der Waals surface area (Å²) < 4.78 is 37.1. The molecule has 0 radical (unpaired) electrons. The SMILES string of the molecule is O=C(Nc1ccc(S(=O)(=O)c2ccc(NC(=O)Nc3cccc(NC(=O)Oc4ccccc4)c3)cc2)cc1)Nc1cccc(NC(=O)Oc2ccccc2)c1. The molecule has 6 aromatic carbocycles. The third kappa shape index (κ3) is 10.7. The number of urea groups is 2. The van der Waals surface area contributed by atoms with Crippen LogP contribution in [0.2, 0.25) is 0 Å². The van der Waals surface area contributed by atoms with Gasteiger partial charge in [-0.05, 0) is 109 Å². The van der Waals surface area contributed by atoms with Crippen molar-refractivity contribution in [1.82, 2.24) is 0 Å². The van der Waals surface area contributed by atoms with Crippen LogP contribution in [-0.2, 0) is 9.84 Å². The Morgan fingerprint density at radius 1 is 0.364 bits per heavy atom. The van der Waals surface area contributed by atoms with Crippen molar-refractivity contribution in [1.29, 1.82) is 0 Å². The molecule has 0 saturated heterocycles. The van der Waals surface area contributed by atoms with Crippen LogP contribution in [0.1, 0.15) is 0 Å². The Labute approximate surface area is 315 Å². The van der Waals surface area contributed by atoms with Crippen LogP contribution in [0.4, 0.5) is 53.3 Å². The second-order valence-corrected chi connectivity index (χ2v) is 13.5. The first kappa shape index (κ1) is 37.1. The quantitative estimate of drug-likeness (QED) is 0.0797. The summed E-state index contributed by atoms with van der Waals surface area (Å²) in [5.41, 5.74) is 2.21. The van der Waals surface area contributed by atoms with Crippen LogP contribution in [0.15, 0.2) is 168 Å². The van der Waals surface area contributed by atoms with Crippen LogP contribution in [-0.4, -0.2) is 32.7 Å². The van der Waals surface area contributed by atoms with Crippen molar-refractivity contribution >= 4 is 68.2 Å². The molecule has 55 heavy (non-hydrogen) atoms. The van der Waals surface area contributed by atoms with Crippen LogP contribution in [0.3, 0.4) is 0 Å². The number of anilines is 6. The van der Waals surface area contributed by atoms with E-state index >= 15 is 0 Å². The minimum atomic E-state index is -3.94. The minimum Gasteiger partial charge on any atom is -0.410 e. The summed E-state index contributed by atoms with van der Waals surface area (Å²) in [6, 6.07) is 40.0. The van der Waals surface area contributed by atoms with E-state index in [1.807, 2.05) is 0 Å². The van der Waals surface area contributed by atoms with Gasteiger partial charge >= 0.3 is 24.2 Å². The van der Waals surface area contributed by atoms with Crippen molar-refractivity contribution in [2.75, 3.05) is 31.9 Å². The van der Waals surface area contributed by atoms with E-state index in [4.69, 9.17) is 9.47 Å². The number of carbonyl (C=O) groups is 4. The van der Waals surface area contributed by atoms with Crippen molar-refractivity contribution in [3.8, 4) is 11.5 Å². The smallest absolute Gasteiger partial charge is 0.410 e. The van der Waals surface area contributed by atoms with Crippen molar-refractivity contribution in [2.24, 2.45) is 0 Å². The Kier molecular flexibility index (Phi) is 11.6. The summed E-state index contributed by atoms with van der Waals surface area (Å²) in [4.78, 5) is 49.8. The molecule has 0 aromatic heterocycles. The number of nitrogens with one attached hydrogen (secondary N) is 6. The highest BCUT2D eigenvalue weighted by Gasteiger charge is 2.18. The monoisotopic (exact) mass is 756 g/mol. The lowest BCUT2D eigenvalue weighted by Gasteiger charge is -2.11. The molecule has 6 N–H and O–H groups in total. The van der Waals surface area contributed by atoms with Gasteiger partial charge in [0.2, 0.25) is 9.84 Å². The third-order valence-corrected chi connectivity index (χ3v) is 9.27. The maximum absolute atomic E-state index is 13.3. The maximum Gasteiger partial charge on any atom is 0.417 e. The molecule has 15 heteroatoms. The summed E-state index contributed by atoms with van der Waals surface area (Å²) in [7, 11) is -3.94. The molecule has 6 rings (SSSR count). The fraction of sp³-hybridized carbons (Fsp3) is 0. The van der Waals surface area contributed by atoms with Gasteiger partial charge < -0.3 is 30.7 Å². The molecule has 0 bridgehead atoms. The molecule has 6 aromatic rings. The van der Waals surface area contributed by atoms with E-state index in [1.165, 1.54) is 48.5 Å². The second kappa shape index (κ2) is 17.2. The number of amides is 6. The molecule has 0 spiro atoms. The zero-order valence-electron chi connectivity index (χ0n) is 28.7. The lowest BCUT2D eigenvalue weighted by atomic mass is 10.3. The molecule has 0 heterocycles. The van der Waals surface area contributed by atoms with Crippen LogP contribution < -0.4 is 41.4 Å². The highest BCUT2D eigenvalue weighted by Crippen LogP contribution is 2.25. The summed E-state index contributed by atoms with van der Waals surface area (Å²) in [6.07, 6.45) is -1.39. The van der Waals surface area contributed by atoms with E-state index in [0.29, 0.717) is 45.6 Å². The third-order valence-electron chi connectivity index (χ3n) is 7.49. The molecule has 0 aliphatic heterocycles. The van der Waals surface area contributed by atoms with Gasteiger partial charge in [0.15, 0.2) is 0 Å². The number of sulfone groups is 1. The molecular weight excluding hydrogens is 725 g/mol. The average Bonchev–Trinajstić information content (AvgIpc) is 3.16. The van der Waals surface area contributed by atoms with E-state index in [0.717, 1.165) is 0 Å². The summed E-state index contributed by atoms with van der Waals surface area (Å²) in [5.74, 6) is 0.751. The normalized spacial score (nSPS) is 10.6. The van der Waals surface area contributed by atoms with E-state index in [9.17, 15) is 27.6 Å². The van der Waals surface area contributed by atoms with Crippen molar-refractivity contribution in [2.45, 2.75) is 9.79 Å². The van der Waals surface area contributed by atoms with Gasteiger partial charge in [-0.15, -0.1) is 0 Å². The van der Waals surface area contributed by atoms with Gasteiger partial charge in [-0.2, -0.15) is 0 Å². The molecule has 0 atom stereocenters. The van der Waals surface area contributed by atoms with E-state index in [-0.39, 0.29) is 9.79 Å². The van der Waals surface area contributed by atoms with Gasteiger partial charge in [0, 0.05) is 34.1 Å². The Morgan fingerprint density at radius 2 is 0.691 bits per heavy atom. The van der Waals surface area contributed by atoms with Crippen LogP contribution in [0, 0.1) is 0 Å². The predicted molar refractivity (Wildman–Crippen MR) is 209 cm³/mol. The molecule has 6 amide bonds. The topological polar surface area (TPSA) is 193 Å². The highest BCUT2D eigenvalue weighted by atomic mass is 32.2. The molecular formula is C40H32N6O8S. The predicted octanol–water partition coefficient (Wildman–Crippen LogP) is 9.03. The average molecular weight is 757 g/mol. The van der Waals surface area contributed by atoms with Gasteiger partial charge in [-0.1, -0.05) is 48.5 Å². The summed E-state index contributed by atoms with van der Waals surface area (Å²) in [5, 5.41) is 15.8. The zero-order chi connectivity index (χ0) is 38.6. The molecule has 0 unspecified atom stereocenters. The van der Waals surface area contributed by atoms with Crippen molar-refractivity contribution < 1.29 is 37.1 Å². The number of ether oxygens (including phenoxy) is 2. The zero-order valence-corrected chi connectivity index (χ0v) is 29.5. The lowest BCUT2D eigenvalue weighted by molar-refractivity contribution is 0.214. The van der Waals surface area contributed by atoms with Crippen LogP contribution in [0.5, 0.6) is 11.5 Å². The van der Waals surface area contributed by atoms with E-state index in [1.54, 1.807) is 109 Å². The first-order valence-corrected chi connectivity index (χ1v) is 18.0. The van der Waals surface area contributed by atoms with Gasteiger partial charge in [-0.25, -0.2) is 27.6 Å². The highest BCUT2D eigenvalue weighted by molar-refractivity contribution is 7.91. The van der Waals surface area contributed by atoms with E-state index in [2.05, 4.69) is 31.9 Å². The van der Waals surface area contributed by atoms with Gasteiger partial charge in [0.05, 0.1) is 9.79 Å². The first-order chi connectivity index (χ1) is 26.6. The number of para-hydroxylation sites is 2. The first-order valence-electron chi connectivity index (χ1n) is 16.5. The fourth-order valence-electron chi connectivity index (χ4n) is 4.99. The van der Waals surface area contributed by atoms with Gasteiger partial charge in [-0.3, -0.25) is 10.6 Å². The lowest BCUT2D eigenvalue weighted by Crippen LogP contribution is -2.20. The number of benzene rings is 6. The Balaban J connectivity index is 0.983. The standard InChI is InChI=1S/C40H32N6O8S/c47-37(43-29-9-7-11-31(25-29)45-39(49)53-33-13-3-1-4-14-33)41-27-17-21-35(22-18-27)55(51,52)36-23-19-28(20-24-36)42-38(48)44-30-10-8-12-32(26-30)46-40(50)54-34-15-5-2-6-16-34/h1-26H,(H,45,49)(H,46,50)(H2,41,43,47)(H2,42,44,48). The number of hydrogen-bond donors (Lipinski definition) is 6. The minimum absolute atomic E-state index is 0.0146. The molecule has 14 nitrogen and oxygen atoms in total. The van der Waals surface area contributed by atoms with Gasteiger partial charge in [0.25, 0.3) is 0 Å². The van der Waals surface area contributed by atoms with Crippen molar-refractivity contribution in [3.63, 3.8) is 0 Å². The van der Waals surface area contributed by atoms with Crippen molar-refractivity contribution in [3.05, 3.63) is 158 Å². The number of carbonyl (C=O) groups excluding carboxylic acids is 4. The van der Waals surface area contributed by atoms with Crippen LogP contribution >= 0.6 is 0 Å². The largest absolute Gasteiger partial charge is 0.417 e. The summed E-state index contributed by atoms with van der Waals surface area (Å²) in [6.45, 7) is 0. The fourth-order valence-corrected chi connectivity index (χ4v) is 6.25.